The zero-order chi connectivity index (χ0) is 12.3. The van der Waals surface area contributed by atoms with Crippen molar-refractivity contribution >= 4 is 5.71 Å². The molecule has 0 saturated heterocycles. The zero-order valence-electron chi connectivity index (χ0n) is 10.2. The molecule has 17 heavy (non-hydrogen) atoms. The van der Waals surface area contributed by atoms with E-state index in [1.165, 1.54) is 5.56 Å². The predicted octanol–water partition coefficient (Wildman–Crippen LogP) is 3.24. The predicted molar refractivity (Wildman–Crippen MR) is 66.6 cm³/mol. The van der Waals surface area contributed by atoms with Crippen molar-refractivity contribution in [1.82, 2.24) is 0 Å². The van der Waals surface area contributed by atoms with Crippen LogP contribution in [0.3, 0.4) is 0 Å². The third-order valence-corrected chi connectivity index (χ3v) is 2.97. The molecule has 1 atom stereocenters. The highest BCUT2D eigenvalue weighted by atomic mass is 16.6. The highest BCUT2D eigenvalue weighted by molar-refractivity contribution is 5.92. The van der Waals surface area contributed by atoms with Gasteiger partial charge in [-0.2, -0.15) is 5.26 Å². The Kier molecular flexibility index (Phi) is 3.14. The average molecular weight is 228 g/mol. The van der Waals surface area contributed by atoms with Crippen LogP contribution in [0.15, 0.2) is 35.5 Å². The Balaban J connectivity index is 2.32. The van der Waals surface area contributed by atoms with Crippen LogP contribution in [-0.2, 0) is 4.84 Å². The number of rotatable bonds is 2. The molecule has 0 fully saturated rings. The topological polar surface area (TPSA) is 45.4 Å². The van der Waals surface area contributed by atoms with Crippen LogP contribution in [0.1, 0.15) is 38.2 Å². The fourth-order valence-corrected chi connectivity index (χ4v) is 2.12. The van der Waals surface area contributed by atoms with E-state index in [1.54, 1.807) is 0 Å². The first kappa shape index (κ1) is 11.7. The first-order valence-electron chi connectivity index (χ1n) is 5.79. The maximum atomic E-state index is 8.83. The van der Waals surface area contributed by atoms with Gasteiger partial charge in [0.1, 0.15) is 5.60 Å². The highest BCUT2D eigenvalue weighted by Gasteiger charge is 2.33. The lowest BCUT2D eigenvalue weighted by atomic mass is 9.83. The molecule has 2 rings (SSSR count). The lowest BCUT2D eigenvalue weighted by Crippen LogP contribution is -2.33. The molecule has 0 radical (unpaired) electrons. The Labute approximate surface area is 102 Å². The molecule has 3 nitrogen and oxygen atoms in total. The van der Waals surface area contributed by atoms with Crippen LogP contribution in [0, 0.1) is 11.3 Å². The number of nitriles is 1. The van der Waals surface area contributed by atoms with Gasteiger partial charge in [-0.1, -0.05) is 35.5 Å². The van der Waals surface area contributed by atoms with Crippen molar-refractivity contribution in [1.29, 1.82) is 5.26 Å². The molecule has 88 valence electrons. The van der Waals surface area contributed by atoms with E-state index in [4.69, 9.17) is 10.1 Å². The van der Waals surface area contributed by atoms with Crippen molar-refractivity contribution in [3.8, 4) is 6.07 Å². The van der Waals surface area contributed by atoms with Gasteiger partial charge in [-0.25, -0.2) is 0 Å². The van der Waals surface area contributed by atoms with Gasteiger partial charge >= 0.3 is 0 Å². The second kappa shape index (κ2) is 4.58. The summed E-state index contributed by atoms with van der Waals surface area (Å²) in [6.07, 6.45) is 1.19. The van der Waals surface area contributed by atoms with Gasteiger partial charge in [-0.3, -0.25) is 0 Å². The van der Waals surface area contributed by atoms with Crippen LogP contribution in [0.25, 0.3) is 0 Å². The number of nitrogens with zero attached hydrogens (tertiary/aromatic N) is 2. The molecule has 0 spiro atoms. The maximum Gasteiger partial charge on any atom is 0.133 e. The van der Waals surface area contributed by atoms with E-state index in [0.717, 1.165) is 12.1 Å². The van der Waals surface area contributed by atoms with E-state index in [-0.39, 0.29) is 11.5 Å². The van der Waals surface area contributed by atoms with Gasteiger partial charge in [0, 0.05) is 12.3 Å². The largest absolute Gasteiger partial charge is 0.390 e. The molecule has 1 aliphatic rings. The summed E-state index contributed by atoms with van der Waals surface area (Å²) in [7, 11) is 0. The Bertz CT molecular complexity index is 457. The minimum absolute atomic E-state index is 0.194. The van der Waals surface area contributed by atoms with Crippen molar-refractivity contribution in [2.75, 3.05) is 0 Å². The van der Waals surface area contributed by atoms with E-state index in [0.29, 0.717) is 6.42 Å². The van der Waals surface area contributed by atoms with E-state index in [1.807, 2.05) is 32.0 Å². The third kappa shape index (κ3) is 2.65. The number of benzene rings is 1. The van der Waals surface area contributed by atoms with Gasteiger partial charge < -0.3 is 4.84 Å². The molecule has 1 heterocycles. The maximum absolute atomic E-state index is 8.83. The molecule has 0 bridgehead atoms. The van der Waals surface area contributed by atoms with Crippen molar-refractivity contribution < 1.29 is 4.84 Å². The highest BCUT2D eigenvalue weighted by Crippen LogP contribution is 2.34. The minimum Gasteiger partial charge on any atom is -0.390 e. The lowest BCUT2D eigenvalue weighted by Gasteiger charge is -2.33. The van der Waals surface area contributed by atoms with Crippen molar-refractivity contribution in [2.24, 2.45) is 5.16 Å². The Morgan fingerprint density at radius 3 is 2.76 bits per heavy atom. The van der Waals surface area contributed by atoms with E-state index >= 15 is 0 Å². The first-order valence-corrected chi connectivity index (χ1v) is 5.79. The molecule has 0 aromatic heterocycles. The summed E-state index contributed by atoms with van der Waals surface area (Å²) in [5.41, 5.74) is 1.77. The van der Waals surface area contributed by atoms with Gasteiger partial charge in [0.2, 0.25) is 0 Å². The molecular formula is C14H16N2O. The second-order valence-electron chi connectivity index (χ2n) is 4.94. The summed E-state index contributed by atoms with van der Waals surface area (Å²) in [6, 6.07) is 12.3. The SMILES string of the molecule is CC1(C)CC(c2ccccc2)C(CC#N)=NO1. The summed E-state index contributed by atoms with van der Waals surface area (Å²) in [5, 5.41) is 13.0. The number of hydrogen-bond acceptors (Lipinski definition) is 3. The van der Waals surface area contributed by atoms with Crippen LogP contribution >= 0.6 is 0 Å². The fraction of sp³-hybridized carbons (Fsp3) is 0.429. The van der Waals surface area contributed by atoms with Crippen LogP contribution in [0.5, 0.6) is 0 Å². The van der Waals surface area contributed by atoms with Gasteiger partial charge in [0.05, 0.1) is 18.2 Å². The molecule has 3 heteroatoms. The summed E-state index contributed by atoms with van der Waals surface area (Å²) in [5.74, 6) is 0.194. The lowest BCUT2D eigenvalue weighted by molar-refractivity contribution is -0.0332. The third-order valence-electron chi connectivity index (χ3n) is 2.97. The molecule has 1 aromatic carbocycles. The summed E-state index contributed by atoms with van der Waals surface area (Å²) >= 11 is 0. The smallest absolute Gasteiger partial charge is 0.133 e. The van der Waals surface area contributed by atoms with Crippen molar-refractivity contribution in [3.05, 3.63) is 35.9 Å². The molecule has 0 N–H and O–H groups in total. The average Bonchev–Trinajstić information content (AvgIpc) is 2.32. The number of oxime groups is 1. The van der Waals surface area contributed by atoms with Crippen molar-refractivity contribution in [3.63, 3.8) is 0 Å². The molecule has 1 aromatic rings. The first-order chi connectivity index (χ1) is 8.12. The standard InChI is InChI=1S/C14H16N2O/c1-14(2)10-12(11-6-4-3-5-7-11)13(8-9-15)16-17-14/h3-7,12H,8,10H2,1-2H3. The van der Waals surface area contributed by atoms with E-state index in [9.17, 15) is 0 Å². The Morgan fingerprint density at radius 1 is 1.41 bits per heavy atom. The van der Waals surface area contributed by atoms with E-state index < -0.39 is 0 Å². The van der Waals surface area contributed by atoms with Crippen LogP contribution in [0.2, 0.25) is 0 Å². The summed E-state index contributed by atoms with van der Waals surface area (Å²) < 4.78 is 0. The van der Waals surface area contributed by atoms with Gasteiger partial charge in [-0.15, -0.1) is 0 Å². The van der Waals surface area contributed by atoms with Crippen LogP contribution in [0.4, 0.5) is 0 Å². The fourth-order valence-electron chi connectivity index (χ4n) is 2.12. The molecule has 1 aliphatic heterocycles. The molecule has 0 aliphatic carbocycles. The van der Waals surface area contributed by atoms with Crippen LogP contribution in [-0.4, -0.2) is 11.3 Å². The summed E-state index contributed by atoms with van der Waals surface area (Å²) in [6.45, 7) is 4.05. The second-order valence-corrected chi connectivity index (χ2v) is 4.94. The van der Waals surface area contributed by atoms with Crippen molar-refractivity contribution in [2.45, 2.75) is 38.2 Å². The molecule has 0 saturated carbocycles. The number of hydrogen-bond donors (Lipinski definition) is 0. The quantitative estimate of drug-likeness (QED) is 0.780. The van der Waals surface area contributed by atoms with Gasteiger partial charge in [0.15, 0.2) is 0 Å². The molecule has 1 unspecified atom stereocenters. The molecular weight excluding hydrogens is 212 g/mol. The Morgan fingerprint density at radius 2 is 2.12 bits per heavy atom. The van der Waals surface area contributed by atoms with Gasteiger partial charge in [-0.05, 0) is 19.4 Å². The monoisotopic (exact) mass is 228 g/mol. The van der Waals surface area contributed by atoms with Crippen LogP contribution < -0.4 is 0 Å². The Hall–Kier alpha value is -1.82. The van der Waals surface area contributed by atoms with E-state index in [2.05, 4.69) is 23.4 Å². The normalized spacial score (nSPS) is 22.2. The molecule has 0 amide bonds. The van der Waals surface area contributed by atoms with Gasteiger partial charge in [0.25, 0.3) is 0 Å². The summed E-state index contributed by atoms with van der Waals surface area (Å²) in [4.78, 5) is 5.42. The minimum atomic E-state index is -0.264. The zero-order valence-corrected chi connectivity index (χ0v) is 10.2.